The highest BCUT2D eigenvalue weighted by Gasteiger charge is 2.26. The molecule has 0 heterocycles. The molecule has 0 aliphatic carbocycles. The molecule has 0 saturated heterocycles. The lowest BCUT2D eigenvalue weighted by atomic mass is 10.3. The number of hydrogen-bond donors (Lipinski definition) is 1. The second kappa shape index (κ2) is 8.61. The minimum absolute atomic E-state index is 0.0229. The number of nitro groups is 1. The fourth-order valence-corrected chi connectivity index (χ4v) is 2.78. The van der Waals surface area contributed by atoms with Crippen LogP contribution in [0.1, 0.15) is 0 Å². The highest BCUT2D eigenvalue weighted by atomic mass is 32.2. The van der Waals surface area contributed by atoms with Crippen LogP contribution in [0.5, 0.6) is 11.5 Å². The zero-order valence-corrected chi connectivity index (χ0v) is 15.1. The van der Waals surface area contributed by atoms with Gasteiger partial charge in [-0.05, 0) is 30.3 Å². The molecule has 0 aliphatic rings. The number of non-ortho nitro benzene ring substituents is 1. The van der Waals surface area contributed by atoms with Crippen LogP contribution in [0.4, 0.5) is 20.2 Å². The minimum atomic E-state index is -4.73. The summed E-state index contributed by atoms with van der Waals surface area (Å²) in [7, 11) is -3.40. The molecular formula is C16H14F2N2O7S. The lowest BCUT2D eigenvalue weighted by molar-refractivity contribution is -0.385. The van der Waals surface area contributed by atoms with E-state index >= 15 is 0 Å². The van der Waals surface area contributed by atoms with Crippen molar-refractivity contribution in [3.8, 4) is 11.5 Å². The molecule has 0 aliphatic heterocycles. The van der Waals surface area contributed by atoms with Crippen molar-refractivity contribution in [2.24, 2.45) is 0 Å². The molecule has 28 heavy (non-hydrogen) atoms. The second-order valence-electron chi connectivity index (χ2n) is 5.26. The molecule has 12 heteroatoms. The molecule has 2 aromatic rings. The van der Waals surface area contributed by atoms with Gasteiger partial charge in [0.2, 0.25) is 9.84 Å². The molecule has 2 aromatic carbocycles. The van der Waals surface area contributed by atoms with Gasteiger partial charge in [-0.2, -0.15) is 8.78 Å². The lowest BCUT2D eigenvalue weighted by Crippen LogP contribution is -2.20. The van der Waals surface area contributed by atoms with Crippen molar-refractivity contribution in [3.63, 3.8) is 0 Å². The van der Waals surface area contributed by atoms with Gasteiger partial charge in [0.15, 0.2) is 18.1 Å². The Balaban J connectivity index is 2.03. The summed E-state index contributed by atoms with van der Waals surface area (Å²) in [5.74, 6) is -4.06. The normalized spacial score (nSPS) is 11.1. The molecule has 0 radical (unpaired) electrons. The standard InChI is InChI=1S/C16H14F2N2O7S/c1-26-13-7-4-11(20(22)23)8-14(13)27-9-15(21)19-10-2-5-12(6-3-10)28(24,25)16(17)18/h2-8,16H,9H2,1H3,(H,19,21). The monoisotopic (exact) mass is 416 g/mol. The van der Waals surface area contributed by atoms with Crippen molar-refractivity contribution < 1.29 is 36.4 Å². The number of alkyl halides is 2. The minimum Gasteiger partial charge on any atom is -0.493 e. The average molecular weight is 416 g/mol. The third-order valence-electron chi connectivity index (χ3n) is 3.42. The van der Waals surface area contributed by atoms with Gasteiger partial charge in [0.1, 0.15) is 0 Å². The molecule has 0 unspecified atom stereocenters. The Morgan fingerprint density at radius 2 is 1.82 bits per heavy atom. The fourth-order valence-electron chi connectivity index (χ4n) is 2.06. The first-order valence-electron chi connectivity index (χ1n) is 7.52. The topological polar surface area (TPSA) is 125 Å². The number of carbonyl (C=O) groups excluding carboxylic acids is 1. The number of nitrogens with one attached hydrogen (secondary N) is 1. The molecule has 0 bridgehead atoms. The largest absolute Gasteiger partial charge is 0.493 e. The van der Waals surface area contributed by atoms with Gasteiger partial charge >= 0.3 is 5.76 Å². The summed E-state index contributed by atoms with van der Waals surface area (Å²) in [5, 5.41) is 13.2. The van der Waals surface area contributed by atoms with E-state index in [-0.39, 0.29) is 22.9 Å². The van der Waals surface area contributed by atoms with E-state index in [0.29, 0.717) is 0 Å². The summed E-state index contributed by atoms with van der Waals surface area (Å²) in [6, 6.07) is 7.76. The Bertz CT molecular complexity index is 979. The van der Waals surface area contributed by atoms with Crippen LogP contribution >= 0.6 is 0 Å². The summed E-state index contributed by atoms with van der Waals surface area (Å²) in [4.78, 5) is 21.5. The van der Waals surface area contributed by atoms with Crippen LogP contribution in [-0.4, -0.2) is 38.7 Å². The highest BCUT2D eigenvalue weighted by Crippen LogP contribution is 2.31. The number of hydrogen-bond acceptors (Lipinski definition) is 7. The molecular weight excluding hydrogens is 402 g/mol. The fraction of sp³-hybridized carbons (Fsp3) is 0.188. The van der Waals surface area contributed by atoms with Crippen molar-refractivity contribution in [3.05, 3.63) is 52.6 Å². The number of rotatable bonds is 8. The predicted molar refractivity (Wildman–Crippen MR) is 93.4 cm³/mol. The Hall–Kier alpha value is -3.28. The predicted octanol–water partition coefficient (Wildman–Crippen LogP) is 2.62. The number of nitro benzene ring substituents is 1. The van der Waals surface area contributed by atoms with Gasteiger partial charge in [0, 0.05) is 11.8 Å². The number of amides is 1. The summed E-state index contributed by atoms with van der Waals surface area (Å²) in [6.45, 7) is -0.533. The van der Waals surface area contributed by atoms with Gasteiger partial charge in [0.25, 0.3) is 11.6 Å². The van der Waals surface area contributed by atoms with Gasteiger partial charge in [-0.1, -0.05) is 0 Å². The zero-order valence-electron chi connectivity index (χ0n) is 14.3. The van der Waals surface area contributed by atoms with Crippen LogP contribution in [0.25, 0.3) is 0 Å². The number of ether oxygens (including phenoxy) is 2. The number of sulfone groups is 1. The summed E-state index contributed by atoms with van der Waals surface area (Å²) in [6.07, 6.45) is 0. The third kappa shape index (κ3) is 4.91. The van der Waals surface area contributed by atoms with Crippen molar-refractivity contribution >= 4 is 27.1 Å². The molecule has 1 amide bonds. The van der Waals surface area contributed by atoms with Crippen LogP contribution in [0.15, 0.2) is 47.4 Å². The first kappa shape index (κ1) is 21.0. The SMILES string of the molecule is COc1ccc([N+](=O)[O-])cc1OCC(=O)Nc1ccc(S(=O)(=O)C(F)F)cc1. The molecule has 9 nitrogen and oxygen atoms in total. The highest BCUT2D eigenvalue weighted by molar-refractivity contribution is 7.91. The van der Waals surface area contributed by atoms with Gasteiger partial charge in [-0.3, -0.25) is 14.9 Å². The van der Waals surface area contributed by atoms with E-state index in [1.54, 1.807) is 0 Å². The maximum Gasteiger partial charge on any atom is 0.341 e. The van der Waals surface area contributed by atoms with Crippen LogP contribution in [0.3, 0.4) is 0 Å². The van der Waals surface area contributed by atoms with E-state index < -0.39 is 37.9 Å². The molecule has 0 fully saturated rings. The van der Waals surface area contributed by atoms with Crippen LogP contribution in [0, 0.1) is 10.1 Å². The smallest absolute Gasteiger partial charge is 0.341 e. The second-order valence-corrected chi connectivity index (χ2v) is 7.18. The van der Waals surface area contributed by atoms with Crippen LogP contribution < -0.4 is 14.8 Å². The molecule has 1 N–H and O–H groups in total. The first-order valence-corrected chi connectivity index (χ1v) is 9.07. The maximum atomic E-state index is 12.5. The van der Waals surface area contributed by atoms with Crippen molar-refractivity contribution in [1.82, 2.24) is 0 Å². The molecule has 0 atom stereocenters. The lowest BCUT2D eigenvalue weighted by Gasteiger charge is -2.11. The average Bonchev–Trinajstić information content (AvgIpc) is 2.66. The molecule has 0 saturated carbocycles. The Morgan fingerprint density at radius 3 is 2.36 bits per heavy atom. The van der Waals surface area contributed by atoms with E-state index in [1.165, 1.54) is 19.2 Å². The number of halogens is 2. The van der Waals surface area contributed by atoms with Gasteiger partial charge < -0.3 is 14.8 Å². The Labute approximate surface area is 157 Å². The van der Waals surface area contributed by atoms with Crippen molar-refractivity contribution in [1.29, 1.82) is 0 Å². The first-order chi connectivity index (χ1) is 13.1. The summed E-state index contributed by atoms with van der Waals surface area (Å²) < 4.78 is 57.9. The quantitative estimate of drug-likeness (QED) is 0.518. The summed E-state index contributed by atoms with van der Waals surface area (Å²) in [5.41, 5.74) is -0.111. The zero-order chi connectivity index (χ0) is 20.9. The number of benzene rings is 2. The van der Waals surface area contributed by atoms with E-state index in [2.05, 4.69) is 5.32 Å². The van der Waals surface area contributed by atoms with Gasteiger partial charge in [-0.15, -0.1) is 0 Å². The summed E-state index contributed by atoms with van der Waals surface area (Å²) >= 11 is 0. The van der Waals surface area contributed by atoms with Crippen molar-refractivity contribution in [2.75, 3.05) is 19.0 Å². The van der Waals surface area contributed by atoms with Crippen molar-refractivity contribution in [2.45, 2.75) is 10.7 Å². The number of methoxy groups -OCH3 is 1. The molecule has 0 aromatic heterocycles. The van der Waals surface area contributed by atoms with E-state index in [0.717, 1.165) is 30.3 Å². The van der Waals surface area contributed by atoms with E-state index in [1.807, 2.05) is 0 Å². The molecule has 0 spiro atoms. The van der Waals surface area contributed by atoms with Crippen LogP contribution in [0.2, 0.25) is 0 Å². The number of carbonyl (C=O) groups is 1. The van der Waals surface area contributed by atoms with Gasteiger partial charge in [0.05, 0.1) is 23.0 Å². The Kier molecular flexibility index (Phi) is 6.46. The number of anilines is 1. The van der Waals surface area contributed by atoms with Gasteiger partial charge in [-0.25, -0.2) is 8.42 Å². The Morgan fingerprint density at radius 1 is 1.18 bits per heavy atom. The maximum absolute atomic E-state index is 12.5. The van der Waals surface area contributed by atoms with Crippen LogP contribution in [-0.2, 0) is 14.6 Å². The number of nitrogens with zero attached hydrogens (tertiary/aromatic N) is 1. The van der Waals surface area contributed by atoms with E-state index in [4.69, 9.17) is 9.47 Å². The van der Waals surface area contributed by atoms with E-state index in [9.17, 15) is 32.1 Å². The molecule has 2 rings (SSSR count). The molecule has 150 valence electrons. The third-order valence-corrected chi connectivity index (χ3v) is 4.82.